The Balaban J connectivity index is 1.98. The van der Waals surface area contributed by atoms with E-state index in [2.05, 4.69) is 21.4 Å². The van der Waals surface area contributed by atoms with Crippen LogP contribution in [0.15, 0.2) is 33.9 Å². The van der Waals surface area contributed by atoms with E-state index < -0.39 is 5.82 Å². The van der Waals surface area contributed by atoms with Crippen molar-refractivity contribution in [3.63, 3.8) is 0 Å². The third-order valence-electron chi connectivity index (χ3n) is 2.23. The summed E-state index contributed by atoms with van der Waals surface area (Å²) in [5, 5.41) is 10.2. The molecule has 0 saturated heterocycles. The number of aromatic nitrogens is 2. The van der Waals surface area contributed by atoms with Gasteiger partial charge >= 0.3 is 0 Å². The second-order valence-corrected chi connectivity index (χ2v) is 4.55. The van der Waals surface area contributed by atoms with Crippen molar-refractivity contribution in [2.45, 2.75) is 5.22 Å². The molecule has 0 fully saturated rings. The fourth-order valence-corrected chi connectivity index (χ4v) is 1.93. The van der Waals surface area contributed by atoms with Crippen LogP contribution < -0.4 is 5.32 Å². The Morgan fingerprint density at radius 3 is 3.00 bits per heavy atom. The summed E-state index contributed by atoms with van der Waals surface area (Å²) in [4.78, 5) is 11.3. The number of carbonyl (C=O) groups excluding carboxylic acids is 1. The Morgan fingerprint density at radius 1 is 1.45 bits per heavy atom. The number of terminal acetylenes is 1. The molecule has 0 bridgehead atoms. The highest BCUT2D eigenvalue weighted by Crippen LogP contribution is 2.24. The van der Waals surface area contributed by atoms with Crippen LogP contribution >= 0.6 is 11.8 Å². The van der Waals surface area contributed by atoms with E-state index in [1.54, 1.807) is 12.1 Å². The van der Waals surface area contributed by atoms with Crippen LogP contribution in [0.1, 0.15) is 0 Å². The van der Waals surface area contributed by atoms with E-state index >= 15 is 0 Å². The van der Waals surface area contributed by atoms with Crippen molar-refractivity contribution in [1.82, 2.24) is 15.5 Å². The maximum absolute atomic E-state index is 13.5. The van der Waals surface area contributed by atoms with Crippen LogP contribution in [0, 0.1) is 18.2 Å². The molecule has 1 aromatic heterocycles. The number of amides is 1. The average Bonchev–Trinajstić information content (AvgIpc) is 2.92. The molecule has 1 aromatic carbocycles. The molecule has 0 spiro atoms. The molecule has 0 unspecified atom stereocenters. The molecule has 0 radical (unpaired) electrons. The fraction of sp³-hybridized carbons (Fsp3) is 0.154. The molecular weight excluding hydrogens is 281 g/mol. The van der Waals surface area contributed by atoms with Crippen LogP contribution in [-0.2, 0) is 4.79 Å². The second-order valence-electron chi connectivity index (χ2n) is 3.62. The van der Waals surface area contributed by atoms with Crippen LogP contribution in [-0.4, -0.2) is 28.4 Å². The van der Waals surface area contributed by atoms with E-state index in [0.717, 1.165) is 11.8 Å². The molecule has 0 atom stereocenters. The van der Waals surface area contributed by atoms with Crippen molar-refractivity contribution >= 4 is 17.7 Å². The van der Waals surface area contributed by atoms with Crippen molar-refractivity contribution in [1.29, 1.82) is 0 Å². The summed E-state index contributed by atoms with van der Waals surface area (Å²) < 4.78 is 18.8. The van der Waals surface area contributed by atoms with Crippen LogP contribution in [0.5, 0.6) is 0 Å². The van der Waals surface area contributed by atoms with Crippen molar-refractivity contribution in [2.24, 2.45) is 0 Å². The number of halogens is 1. The first-order valence-electron chi connectivity index (χ1n) is 5.62. The van der Waals surface area contributed by atoms with E-state index in [1.165, 1.54) is 12.1 Å². The molecule has 0 aliphatic heterocycles. The quantitative estimate of drug-likeness (QED) is 0.671. The lowest BCUT2D eigenvalue weighted by Gasteiger charge is -1.98. The fourth-order valence-electron chi connectivity index (χ4n) is 1.34. The van der Waals surface area contributed by atoms with Crippen LogP contribution in [0.4, 0.5) is 4.39 Å². The molecule has 1 amide bonds. The molecule has 102 valence electrons. The molecule has 0 aliphatic carbocycles. The zero-order valence-corrected chi connectivity index (χ0v) is 11.1. The number of nitrogens with one attached hydrogen (secondary N) is 1. The number of carbonyl (C=O) groups is 1. The molecule has 2 aromatic rings. The van der Waals surface area contributed by atoms with E-state index in [9.17, 15) is 9.18 Å². The number of thioether (sulfide) groups is 1. The van der Waals surface area contributed by atoms with E-state index in [1.807, 2.05) is 0 Å². The predicted octanol–water partition coefficient (Wildman–Crippen LogP) is 1.72. The topological polar surface area (TPSA) is 68.0 Å². The monoisotopic (exact) mass is 291 g/mol. The Hall–Kier alpha value is -2.33. The van der Waals surface area contributed by atoms with Gasteiger partial charge in [0.15, 0.2) is 0 Å². The Kier molecular flexibility index (Phi) is 4.74. The molecule has 5 nitrogen and oxygen atoms in total. The average molecular weight is 291 g/mol. The first-order chi connectivity index (χ1) is 9.70. The molecule has 1 N–H and O–H groups in total. The van der Waals surface area contributed by atoms with Gasteiger partial charge in [-0.15, -0.1) is 16.6 Å². The summed E-state index contributed by atoms with van der Waals surface area (Å²) in [6, 6.07) is 6.08. The molecule has 0 saturated carbocycles. The van der Waals surface area contributed by atoms with Gasteiger partial charge in [0, 0.05) is 0 Å². The number of benzene rings is 1. The second kappa shape index (κ2) is 6.73. The zero-order chi connectivity index (χ0) is 14.4. The molecule has 7 heteroatoms. The van der Waals surface area contributed by atoms with Crippen LogP contribution in [0.2, 0.25) is 0 Å². The Morgan fingerprint density at radius 2 is 2.25 bits per heavy atom. The lowest BCUT2D eigenvalue weighted by atomic mass is 10.2. The summed E-state index contributed by atoms with van der Waals surface area (Å²) in [7, 11) is 0. The molecule has 1 heterocycles. The molecule has 0 aliphatic rings. The minimum Gasteiger partial charge on any atom is -0.411 e. The highest BCUT2D eigenvalue weighted by molar-refractivity contribution is 7.99. The SMILES string of the molecule is C#CCNC(=O)CSc1nnc(-c2ccccc2F)o1. The van der Waals surface area contributed by atoms with Gasteiger partial charge in [-0.05, 0) is 12.1 Å². The predicted molar refractivity (Wildman–Crippen MR) is 72.3 cm³/mol. The minimum atomic E-state index is -0.445. The number of hydrogen-bond acceptors (Lipinski definition) is 5. The summed E-state index contributed by atoms with van der Waals surface area (Å²) in [6.45, 7) is 0.170. The summed E-state index contributed by atoms with van der Waals surface area (Å²) in [5.74, 6) is 1.79. The zero-order valence-electron chi connectivity index (χ0n) is 10.3. The third kappa shape index (κ3) is 3.59. The normalized spacial score (nSPS) is 10.0. The summed E-state index contributed by atoms with van der Waals surface area (Å²) in [6.07, 6.45) is 5.02. The molecule has 2 rings (SSSR count). The van der Waals surface area contributed by atoms with Crippen LogP contribution in [0.3, 0.4) is 0 Å². The van der Waals surface area contributed by atoms with Gasteiger partial charge in [-0.25, -0.2) is 4.39 Å². The van der Waals surface area contributed by atoms with E-state index in [0.29, 0.717) is 0 Å². The lowest BCUT2D eigenvalue weighted by molar-refractivity contribution is -0.118. The number of rotatable bonds is 5. The maximum atomic E-state index is 13.5. The highest BCUT2D eigenvalue weighted by atomic mass is 32.2. The van der Waals surface area contributed by atoms with Gasteiger partial charge in [0.2, 0.25) is 5.91 Å². The highest BCUT2D eigenvalue weighted by Gasteiger charge is 2.13. The minimum absolute atomic E-state index is 0.0784. The van der Waals surface area contributed by atoms with Crippen molar-refractivity contribution < 1.29 is 13.6 Å². The van der Waals surface area contributed by atoms with Crippen molar-refractivity contribution in [3.8, 4) is 23.8 Å². The Labute approximate surface area is 119 Å². The number of hydrogen-bond donors (Lipinski definition) is 1. The smallest absolute Gasteiger partial charge is 0.277 e. The van der Waals surface area contributed by atoms with Gasteiger partial charge in [-0.2, -0.15) is 0 Å². The van der Waals surface area contributed by atoms with Gasteiger partial charge in [-0.1, -0.05) is 29.8 Å². The number of nitrogens with zero attached hydrogens (tertiary/aromatic N) is 2. The molecule has 20 heavy (non-hydrogen) atoms. The van der Waals surface area contributed by atoms with Gasteiger partial charge in [0.1, 0.15) is 5.82 Å². The third-order valence-corrected chi connectivity index (χ3v) is 3.04. The maximum Gasteiger partial charge on any atom is 0.277 e. The molecular formula is C13H10FN3O2S. The largest absolute Gasteiger partial charge is 0.411 e. The standard InChI is InChI=1S/C13H10FN3O2S/c1-2-7-15-11(18)8-20-13-17-16-12(19-13)9-5-3-4-6-10(9)14/h1,3-6H,7-8H2,(H,15,18). The summed E-state index contributed by atoms with van der Waals surface area (Å²) >= 11 is 1.06. The first-order valence-corrected chi connectivity index (χ1v) is 6.60. The summed E-state index contributed by atoms with van der Waals surface area (Å²) in [5.41, 5.74) is 0.226. The van der Waals surface area contributed by atoms with Gasteiger partial charge in [0.05, 0.1) is 17.9 Å². The van der Waals surface area contributed by atoms with Gasteiger partial charge in [0.25, 0.3) is 11.1 Å². The van der Waals surface area contributed by atoms with E-state index in [-0.39, 0.29) is 34.9 Å². The first kappa shape index (κ1) is 14.1. The van der Waals surface area contributed by atoms with Gasteiger partial charge < -0.3 is 9.73 Å². The van der Waals surface area contributed by atoms with Crippen molar-refractivity contribution in [2.75, 3.05) is 12.3 Å². The van der Waals surface area contributed by atoms with Crippen molar-refractivity contribution in [3.05, 3.63) is 30.1 Å². The lowest BCUT2D eigenvalue weighted by Crippen LogP contribution is -2.25. The van der Waals surface area contributed by atoms with E-state index in [4.69, 9.17) is 10.8 Å². The van der Waals surface area contributed by atoms with Crippen LogP contribution in [0.25, 0.3) is 11.5 Å². The van der Waals surface area contributed by atoms with Gasteiger partial charge in [-0.3, -0.25) is 4.79 Å². The Bertz CT molecular complexity index is 651.